The van der Waals surface area contributed by atoms with Gasteiger partial charge in [0.1, 0.15) is 0 Å². The number of Topliss-reactive ketones (excluding diaryl/α,β-unsaturated/α-hetero) is 1. The highest BCUT2D eigenvalue weighted by molar-refractivity contribution is 8.01. The molecule has 1 aromatic heterocycles. The number of carbonyl (C=O) groups is 1. The predicted octanol–water partition coefficient (Wildman–Crippen LogP) is 5.33. The largest absolute Gasteiger partial charge is 0.434 e. The standard InChI is InChI=1S/C27H26F3N3O2S/c1-36(2,35)24-6-4-3-5-19(24)25(34)17-10-13-33(14-11-17)23-9-12-31-22-8-7-18(15-20(22)23)21-16-32-26(21)27(28,29)30/h3-9,12,15-17,36H,10-11,13-14H2,1-2H3. The number of alkyl halides is 3. The van der Waals surface area contributed by atoms with Gasteiger partial charge in [-0.05, 0) is 55.2 Å². The van der Waals surface area contributed by atoms with Crippen LogP contribution in [0.25, 0.3) is 16.5 Å². The van der Waals surface area contributed by atoms with Crippen molar-refractivity contribution < 1.29 is 22.2 Å². The maximum atomic E-state index is 13.3. The van der Waals surface area contributed by atoms with Crippen molar-refractivity contribution in [3.05, 3.63) is 72.1 Å². The summed E-state index contributed by atoms with van der Waals surface area (Å²) in [7, 11) is -2.60. The van der Waals surface area contributed by atoms with Gasteiger partial charge in [0, 0.05) is 58.5 Å². The lowest BCUT2D eigenvalue weighted by molar-refractivity contribution is -0.0576. The van der Waals surface area contributed by atoms with Gasteiger partial charge in [-0.15, -0.1) is 0 Å². The Morgan fingerprint density at radius 3 is 2.42 bits per heavy atom. The van der Waals surface area contributed by atoms with Crippen LogP contribution in [0.1, 0.15) is 28.8 Å². The molecular weight excluding hydrogens is 487 g/mol. The minimum Gasteiger partial charge on any atom is -0.371 e. The van der Waals surface area contributed by atoms with Crippen molar-refractivity contribution in [3.8, 4) is 0 Å². The molecule has 188 valence electrons. The Kier molecular flexibility index (Phi) is 6.06. The number of halogens is 3. The number of rotatable bonds is 5. The lowest BCUT2D eigenvalue weighted by Gasteiger charge is -2.34. The highest BCUT2D eigenvalue weighted by Crippen LogP contribution is 2.37. The quantitative estimate of drug-likeness (QED) is 0.370. The van der Waals surface area contributed by atoms with Crippen LogP contribution in [0.3, 0.4) is 0 Å². The predicted molar refractivity (Wildman–Crippen MR) is 139 cm³/mol. The van der Waals surface area contributed by atoms with Gasteiger partial charge in [-0.25, -0.2) is 0 Å². The van der Waals surface area contributed by atoms with Crippen LogP contribution >= 0.6 is 0 Å². The summed E-state index contributed by atoms with van der Waals surface area (Å²) in [6.45, 7) is 1.24. The van der Waals surface area contributed by atoms with E-state index in [1.807, 2.05) is 6.07 Å². The molecule has 9 heteroatoms. The van der Waals surface area contributed by atoms with Crippen molar-refractivity contribution in [3.63, 3.8) is 0 Å². The van der Waals surface area contributed by atoms with Crippen molar-refractivity contribution >= 4 is 43.6 Å². The summed E-state index contributed by atoms with van der Waals surface area (Å²) in [6, 6.07) is 14.1. The van der Waals surface area contributed by atoms with Gasteiger partial charge in [0.2, 0.25) is 0 Å². The molecule has 1 saturated heterocycles. The number of piperidine rings is 1. The number of thiol groups is 1. The number of aromatic nitrogens is 1. The Bertz CT molecular complexity index is 1460. The molecule has 2 aromatic carbocycles. The van der Waals surface area contributed by atoms with E-state index < -0.39 is 21.8 Å². The summed E-state index contributed by atoms with van der Waals surface area (Å²) in [5.74, 6) is -0.157. The number of anilines is 1. The first-order valence-electron chi connectivity index (χ1n) is 11.7. The molecule has 2 aliphatic rings. The third-order valence-corrected chi connectivity index (χ3v) is 8.38. The van der Waals surface area contributed by atoms with E-state index in [1.54, 1.807) is 61.2 Å². The number of nitrogens with zero attached hydrogens (tertiary/aromatic N) is 3. The summed E-state index contributed by atoms with van der Waals surface area (Å²) >= 11 is 0. The third-order valence-electron chi connectivity index (χ3n) is 6.83. The Morgan fingerprint density at radius 1 is 1.06 bits per heavy atom. The van der Waals surface area contributed by atoms with Crippen LogP contribution < -0.4 is 4.90 Å². The Labute approximate surface area is 208 Å². The fourth-order valence-corrected chi connectivity index (χ4v) is 6.17. The molecule has 0 aliphatic carbocycles. The SMILES string of the molecule is C[SH](C)(=O)c1ccccc1C(=O)C1CCN(c2ccnc3ccc(C4=CN=C4C(F)(F)F)cc23)CC1. The fourth-order valence-electron chi connectivity index (χ4n) is 4.96. The molecule has 3 heterocycles. The van der Waals surface area contributed by atoms with Gasteiger partial charge in [-0.1, -0.05) is 34.2 Å². The molecule has 0 amide bonds. The monoisotopic (exact) mass is 513 g/mol. The van der Waals surface area contributed by atoms with Gasteiger partial charge >= 0.3 is 6.18 Å². The molecule has 5 nitrogen and oxygen atoms in total. The number of fused-ring (bicyclic) bond motifs is 1. The van der Waals surface area contributed by atoms with E-state index in [0.717, 1.165) is 11.1 Å². The third kappa shape index (κ3) is 4.48. The average Bonchev–Trinajstić information content (AvgIpc) is 2.81. The zero-order valence-electron chi connectivity index (χ0n) is 19.9. The van der Waals surface area contributed by atoms with E-state index >= 15 is 0 Å². The molecule has 5 rings (SSSR count). The second kappa shape index (κ2) is 8.96. The maximum Gasteiger partial charge on any atom is 0.434 e. The highest BCUT2D eigenvalue weighted by atomic mass is 32.2. The van der Waals surface area contributed by atoms with Crippen molar-refractivity contribution in [1.82, 2.24) is 4.98 Å². The van der Waals surface area contributed by atoms with Crippen molar-refractivity contribution in [2.75, 3.05) is 30.5 Å². The van der Waals surface area contributed by atoms with Gasteiger partial charge in [0.05, 0.1) is 5.52 Å². The number of aliphatic imine (C=N–C) groups is 1. The number of carbonyl (C=O) groups excluding carboxylic acids is 1. The molecular formula is C27H26F3N3O2S. The van der Waals surface area contributed by atoms with Crippen molar-refractivity contribution in [2.24, 2.45) is 10.9 Å². The van der Waals surface area contributed by atoms with Crippen molar-refractivity contribution in [2.45, 2.75) is 23.9 Å². The van der Waals surface area contributed by atoms with Gasteiger partial charge in [-0.2, -0.15) is 13.2 Å². The zero-order valence-corrected chi connectivity index (χ0v) is 20.8. The second-order valence-electron chi connectivity index (χ2n) is 9.57. The fraction of sp³-hybridized carbons (Fsp3) is 0.296. The summed E-state index contributed by atoms with van der Waals surface area (Å²) in [5.41, 5.74) is 1.77. The molecule has 0 atom stereocenters. The van der Waals surface area contributed by atoms with E-state index in [9.17, 15) is 22.2 Å². The number of allylic oxidation sites excluding steroid dienone is 1. The lowest BCUT2D eigenvalue weighted by atomic mass is 9.88. The summed E-state index contributed by atoms with van der Waals surface area (Å²) in [5, 5.41) is 0.761. The maximum absolute atomic E-state index is 13.3. The number of ketones is 1. The van der Waals surface area contributed by atoms with E-state index in [1.165, 1.54) is 6.20 Å². The lowest BCUT2D eigenvalue weighted by Crippen LogP contribution is -2.37. The molecule has 3 aromatic rings. The number of hydrogen-bond donors (Lipinski definition) is 1. The first kappa shape index (κ1) is 24.4. The molecule has 36 heavy (non-hydrogen) atoms. The number of pyridine rings is 1. The van der Waals surface area contributed by atoms with Crippen LogP contribution in [0.15, 0.2) is 70.8 Å². The van der Waals surface area contributed by atoms with Crippen LogP contribution in [0, 0.1) is 5.92 Å². The van der Waals surface area contributed by atoms with Gasteiger partial charge < -0.3 is 4.90 Å². The normalized spacial score (nSPS) is 17.4. The van der Waals surface area contributed by atoms with E-state index in [2.05, 4.69) is 14.9 Å². The minimum absolute atomic E-state index is 0.0203. The van der Waals surface area contributed by atoms with Gasteiger partial charge in [0.25, 0.3) is 0 Å². The first-order chi connectivity index (χ1) is 17.0. The Hall–Kier alpha value is -3.33. The Balaban J connectivity index is 1.37. The molecule has 0 radical (unpaired) electrons. The molecule has 0 saturated carbocycles. The number of benzene rings is 2. The molecule has 0 N–H and O–H groups in total. The second-order valence-corrected chi connectivity index (χ2v) is 12.8. The van der Waals surface area contributed by atoms with Crippen LogP contribution in [-0.2, 0) is 9.93 Å². The first-order valence-corrected chi connectivity index (χ1v) is 14.3. The number of hydrogen-bond acceptors (Lipinski definition) is 5. The van der Waals surface area contributed by atoms with Crippen molar-refractivity contribution in [1.29, 1.82) is 0 Å². The summed E-state index contributed by atoms with van der Waals surface area (Å²) in [6.07, 6.45) is 3.04. The van der Waals surface area contributed by atoms with Crippen LogP contribution in [-0.4, -0.2) is 52.5 Å². The van der Waals surface area contributed by atoms with Gasteiger partial charge in [0.15, 0.2) is 11.5 Å². The minimum atomic E-state index is -4.49. The van der Waals surface area contributed by atoms with Gasteiger partial charge in [-0.3, -0.25) is 19.0 Å². The van der Waals surface area contributed by atoms with E-state index in [-0.39, 0.29) is 17.3 Å². The highest BCUT2D eigenvalue weighted by Gasteiger charge is 2.41. The molecule has 0 bridgehead atoms. The van der Waals surface area contributed by atoms with Crippen LogP contribution in [0.2, 0.25) is 0 Å². The topological polar surface area (TPSA) is 62.6 Å². The molecule has 1 fully saturated rings. The summed E-state index contributed by atoms with van der Waals surface area (Å²) in [4.78, 5) is 23.9. The molecule has 0 unspecified atom stereocenters. The smallest absolute Gasteiger partial charge is 0.371 e. The average molecular weight is 514 g/mol. The Morgan fingerprint density at radius 2 is 1.78 bits per heavy atom. The van der Waals surface area contributed by atoms with Crippen LogP contribution in [0.5, 0.6) is 0 Å². The summed E-state index contributed by atoms with van der Waals surface area (Å²) < 4.78 is 52.3. The van der Waals surface area contributed by atoms with E-state index in [4.69, 9.17) is 0 Å². The zero-order chi connectivity index (χ0) is 25.7. The van der Waals surface area contributed by atoms with E-state index in [0.29, 0.717) is 47.5 Å². The molecule has 0 spiro atoms. The van der Waals surface area contributed by atoms with Crippen LogP contribution in [0.4, 0.5) is 18.9 Å². The molecule has 2 aliphatic heterocycles.